The monoisotopic (exact) mass is 603 g/mol. The molecule has 0 spiro atoms. The first-order valence-electron chi connectivity index (χ1n) is 15.1. The molecule has 1 aliphatic heterocycles. The van der Waals surface area contributed by atoms with Gasteiger partial charge in [-0.25, -0.2) is 4.79 Å². The lowest BCUT2D eigenvalue weighted by atomic mass is 9.88. The van der Waals surface area contributed by atoms with Gasteiger partial charge in [0.1, 0.15) is 0 Å². The fraction of sp³-hybridized carbons (Fsp3) is 0.243. The number of esters is 1. The van der Waals surface area contributed by atoms with Gasteiger partial charge in [-0.1, -0.05) is 109 Å². The smallest absolute Gasteiger partial charge is 0.329 e. The summed E-state index contributed by atoms with van der Waals surface area (Å²) in [5.41, 5.74) is 4.01. The third-order valence-electron chi connectivity index (χ3n) is 8.13. The van der Waals surface area contributed by atoms with E-state index >= 15 is 0 Å². The molecule has 1 amide bonds. The number of ether oxygens (including phenoxy) is 1. The van der Waals surface area contributed by atoms with E-state index in [9.17, 15) is 19.5 Å². The first-order valence-corrected chi connectivity index (χ1v) is 15.1. The van der Waals surface area contributed by atoms with Gasteiger partial charge in [0.2, 0.25) is 5.91 Å². The summed E-state index contributed by atoms with van der Waals surface area (Å²) in [7, 11) is 1.28. The number of carbonyl (C=O) groups is 3. The second kappa shape index (κ2) is 15.1. The molecule has 1 heterocycles. The minimum atomic E-state index is -1.32. The Balaban J connectivity index is 1.52. The van der Waals surface area contributed by atoms with Gasteiger partial charge in [0.15, 0.2) is 6.04 Å². The number of methoxy groups -OCH3 is 1. The molecule has 4 aromatic rings. The largest absolute Gasteiger partial charge is 0.480 e. The minimum Gasteiger partial charge on any atom is -0.480 e. The van der Waals surface area contributed by atoms with Gasteiger partial charge in [-0.15, -0.1) is 0 Å². The van der Waals surface area contributed by atoms with E-state index in [1.54, 1.807) is 30.3 Å². The van der Waals surface area contributed by atoms with Gasteiger partial charge >= 0.3 is 11.9 Å². The van der Waals surface area contributed by atoms with Crippen LogP contribution in [0.4, 0.5) is 5.69 Å². The van der Waals surface area contributed by atoms with Crippen molar-refractivity contribution in [3.8, 4) is 0 Å². The predicted octanol–water partition coefficient (Wildman–Crippen LogP) is 5.93. The summed E-state index contributed by atoms with van der Waals surface area (Å²) in [6, 6.07) is 34.1. The van der Waals surface area contributed by atoms with Crippen LogP contribution in [0.1, 0.15) is 47.4 Å². The number of carbonyl (C=O) groups excluding carboxylic acids is 2. The average molecular weight is 604 g/mol. The van der Waals surface area contributed by atoms with E-state index in [0.29, 0.717) is 34.6 Å². The molecule has 0 aliphatic carbocycles. The van der Waals surface area contributed by atoms with E-state index in [1.807, 2.05) is 72.8 Å². The quantitative estimate of drug-likeness (QED) is 0.154. The van der Waals surface area contributed by atoms with Crippen LogP contribution in [0.5, 0.6) is 0 Å². The Morgan fingerprint density at radius 2 is 1.51 bits per heavy atom. The number of carboxylic acid groups (broad SMARTS) is 1. The molecule has 3 atom stereocenters. The fourth-order valence-electron chi connectivity index (χ4n) is 5.87. The second-order valence-corrected chi connectivity index (χ2v) is 11.1. The van der Waals surface area contributed by atoms with Gasteiger partial charge in [0, 0.05) is 23.6 Å². The molecule has 8 heteroatoms. The van der Waals surface area contributed by atoms with Gasteiger partial charge in [0.05, 0.1) is 31.0 Å². The zero-order valence-electron chi connectivity index (χ0n) is 25.2. The van der Waals surface area contributed by atoms with Crippen LogP contribution in [-0.4, -0.2) is 59.3 Å². The summed E-state index contributed by atoms with van der Waals surface area (Å²) in [5, 5.41) is 13.6. The number of rotatable bonds is 12. The number of para-hydroxylation sites is 1. The van der Waals surface area contributed by atoms with Crippen LogP contribution in [-0.2, 0) is 25.7 Å². The van der Waals surface area contributed by atoms with E-state index in [0.717, 1.165) is 24.9 Å². The number of benzene rings is 4. The molecular weight excluding hydrogens is 566 g/mol. The molecule has 0 saturated carbocycles. The van der Waals surface area contributed by atoms with E-state index in [-0.39, 0.29) is 18.4 Å². The molecule has 0 aromatic heterocycles. The highest BCUT2D eigenvalue weighted by Gasteiger charge is 2.34. The van der Waals surface area contributed by atoms with Crippen molar-refractivity contribution in [2.45, 2.75) is 43.8 Å². The first-order chi connectivity index (χ1) is 21.9. The molecular formula is C37H37N3O5. The summed E-state index contributed by atoms with van der Waals surface area (Å²) in [5.74, 6) is -2.62. The lowest BCUT2D eigenvalue weighted by Gasteiger charge is -2.25. The van der Waals surface area contributed by atoms with Crippen LogP contribution in [0.3, 0.4) is 0 Å². The highest BCUT2D eigenvalue weighted by molar-refractivity contribution is 6.17. The van der Waals surface area contributed by atoms with Crippen LogP contribution in [0.15, 0.2) is 120 Å². The van der Waals surface area contributed by atoms with Crippen molar-refractivity contribution < 1.29 is 24.2 Å². The molecule has 8 nitrogen and oxygen atoms in total. The molecule has 5 rings (SSSR count). The van der Waals surface area contributed by atoms with Crippen molar-refractivity contribution in [2.24, 2.45) is 4.99 Å². The number of amides is 1. The normalized spacial score (nSPS) is 16.5. The highest BCUT2D eigenvalue weighted by Crippen LogP contribution is 2.30. The SMILES string of the molecule is COC(=O)CC(c1ccccc1)C(N=C(c1ccccc1)c1ccccc1NC(=O)C1CCCN1Cc1ccccc1)C(=O)O. The Morgan fingerprint density at radius 3 is 2.18 bits per heavy atom. The van der Waals surface area contributed by atoms with Crippen LogP contribution in [0.2, 0.25) is 0 Å². The zero-order valence-corrected chi connectivity index (χ0v) is 25.2. The van der Waals surface area contributed by atoms with Crippen molar-refractivity contribution in [1.82, 2.24) is 4.90 Å². The third-order valence-corrected chi connectivity index (χ3v) is 8.13. The maximum Gasteiger partial charge on any atom is 0.329 e. The fourth-order valence-corrected chi connectivity index (χ4v) is 5.87. The van der Waals surface area contributed by atoms with Crippen molar-refractivity contribution in [3.05, 3.63) is 138 Å². The summed E-state index contributed by atoms with van der Waals surface area (Å²) < 4.78 is 4.93. The van der Waals surface area contributed by atoms with E-state index < -0.39 is 23.9 Å². The molecule has 1 saturated heterocycles. The number of likely N-dealkylation sites (tertiary alicyclic amines) is 1. The van der Waals surface area contributed by atoms with Gasteiger partial charge in [-0.2, -0.15) is 0 Å². The number of aliphatic carboxylic acids is 1. The number of hydrogen-bond acceptors (Lipinski definition) is 6. The Kier molecular flexibility index (Phi) is 10.5. The molecule has 1 fully saturated rings. The summed E-state index contributed by atoms with van der Waals surface area (Å²) in [6.07, 6.45) is 1.50. The molecule has 3 unspecified atom stereocenters. The number of aliphatic imine (C=N–C) groups is 1. The molecule has 2 N–H and O–H groups in total. The van der Waals surface area contributed by atoms with Crippen molar-refractivity contribution in [3.63, 3.8) is 0 Å². The Bertz CT molecular complexity index is 1630. The number of nitrogens with one attached hydrogen (secondary N) is 1. The topological polar surface area (TPSA) is 108 Å². The maximum absolute atomic E-state index is 13.8. The van der Waals surface area contributed by atoms with Gasteiger partial charge in [0.25, 0.3) is 0 Å². The highest BCUT2D eigenvalue weighted by atomic mass is 16.5. The van der Waals surface area contributed by atoms with E-state index in [1.165, 1.54) is 7.11 Å². The van der Waals surface area contributed by atoms with Crippen LogP contribution in [0, 0.1) is 0 Å². The Hall–Kier alpha value is -5.08. The van der Waals surface area contributed by atoms with E-state index in [4.69, 9.17) is 9.73 Å². The van der Waals surface area contributed by atoms with Crippen LogP contribution in [0.25, 0.3) is 0 Å². The summed E-state index contributed by atoms with van der Waals surface area (Å²) in [6.45, 7) is 1.51. The molecule has 45 heavy (non-hydrogen) atoms. The Morgan fingerprint density at radius 1 is 0.889 bits per heavy atom. The van der Waals surface area contributed by atoms with Gasteiger partial charge in [-0.3, -0.25) is 19.5 Å². The molecule has 4 aromatic carbocycles. The van der Waals surface area contributed by atoms with Gasteiger partial charge < -0.3 is 15.2 Å². The second-order valence-electron chi connectivity index (χ2n) is 11.1. The van der Waals surface area contributed by atoms with Crippen LogP contribution >= 0.6 is 0 Å². The lowest BCUT2D eigenvalue weighted by Crippen LogP contribution is -2.39. The standard InChI is InChI=1S/C37H37N3O5/c1-45-33(41)24-30(27-16-7-3-8-17-27)35(37(43)44)39-34(28-18-9-4-10-19-28)29-20-11-12-21-31(29)38-36(42)32-22-13-23-40(32)25-26-14-5-2-6-15-26/h2-12,14-21,30,32,35H,13,22-25H2,1H3,(H,38,42)(H,43,44). The summed E-state index contributed by atoms with van der Waals surface area (Å²) in [4.78, 5) is 46.2. The van der Waals surface area contributed by atoms with Crippen molar-refractivity contribution in [1.29, 1.82) is 0 Å². The summed E-state index contributed by atoms with van der Waals surface area (Å²) >= 11 is 0. The van der Waals surface area contributed by atoms with Crippen LogP contribution < -0.4 is 5.32 Å². The average Bonchev–Trinajstić information content (AvgIpc) is 3.54. The number of anilines is 1. The predicted molar refractivity (Wildman–Crippen MR) is 174 cm³/mol. The van der Waals surface area contributed by atoms with E-state index in [2.05, 4.69) is 22.3 Å². The number of carboxylic acids is 1. The van der Waals surface area contributed by atoms with Crippen molar-refractivity contribution >= 4 is 29.2 Å². The maximum atomic E-state index is 13.8. The zero-order chi connectivity index (χ0) is 31.6. The van der Waals surface area contributed by atoms with Gasteiger partial charge in [-0.05, 0) is 36.6 Å². The first kappa shape index (κ1) is 31.3. The molecule has 230 valence electrons. The lowest BCUT2D eigenvalue weighted by molar-refractivity contribution is -0.142. The minimum absolute atomic E-state index is 0.120. The molecule has 0 radical (unpaired) electrons. The third kappa shape index (κ3) is 7.91. The number of nitrogens with zero attached hydrogens (tertiary/aromatic N) is 2. The Labute approximate surface area is 263 Å². The molecule has 0 bridgehead atoms. The molecule has 1 aliphatic rings. The number of hydrogen-bond donors (Lipinski definition) is 2. The van der Waals surface area contributed by atoms with Crippen molar-refractivity contribution in [2.75, 3.05) is 19.0 Å².